The SMILES string of the molecule is CCCC[C@@H]1[C@H]([C@H](C)OC(=O)c2cc([N+](=O)[O-])cc([N+](=O)[O-])c2)[C@H]1S(=O)(=O)c1ccccc1.CCCC[C@@H]1[C@H]([C@H](C)OC(=O)c2cc([N+](=O)[O-])cc([N+](=O)[O-])c2)[C@H]1S(=O)(=O)c1ccccc1. The number of nitro groups is 4. The van der Waals surface area contributed by atoms with Crippen molar-refractivity contribution in [2.24, 2.45) is 23.7 Å². The number of hydrogen-bond donors (Lipinski definition) is 0. The number of nitrogens with zero attached hydrogens (tertiary/aromatic N) is 4. The summed E-state index contributed by atoms with van der Waals surface area (Å²) in [5.74, 6) is -3.24. The molecule has 0 saturated heterocycles. The van der Waals surface area contributed by atoms with E-state index in [9.17, 15) is 66.9 Å². The Kier molecular flexibility index (Phi) is 16.1. The zero-order chi connectivity index (χ0) is 48.7. The Bertz CT molecular complexity index is 2450. The van der Waals surface area contributed by atoms with Crippen LogP contribution in [0.4, 0.5) is 22.7 Å². The summed E-state index contributed by atoms with van der Waals surface area (Å²) < 4.78 is 63.7. The van der Waals surface area contributed by atoms with E-state index in [2.05, 4.69) is 0 Å². The molecule has 0 spiro atoms. The summed E-state index contributed by atoms with van der Waals surface area (Å²) in [4.78, 5) is 66.7. The van der Waals surface area contributed by atoms with Crippen LogP contribution in [0.25, 0.3) is 0 Å². The Morgan fingerprint density at radius 3 is 1.08 bits per heavy atom. The molecule has 0 aliphatic heterocycles. The molecule has 4 aromatic carbocycles. The lowest BCUT2D eigenvalue weighted by Crippen LogP contribution is -2.21. The quantitative estimate of drug-likeness (QED) is 0.0454. The van der Waals surface area contributed by atoms with E-state index in [1.165, 1.54) is 24.3 Å². The second kappa shape index (κ2) is 21.1. The molecule has 0 heterocycles. The average molecular weight is 953 g/mol. The fraction of sp³-hybridized carbons (Fsp3) is 0.409. The lowest BCUT2D eigenvalue weighted by molar-refractivity contribution is -0.394. The van der Waals surface area contributed by atoms with Crippen LogP contribution in [0.1, 0.15) is 86.9 Å². The van der Waals surface area contributed by atoms with Crippen LogP contribution in [0.2, 0.25) is 0 Å². The third-order valence-electron chi connectivity index (χ3n) is 11.7. The van der Waals surface area contributed by atoms with Gasteiger partial charge in [0.15, 0.2) is 19.7 Å². The molecule has 0 bridgehead atoms. The molecule has 2 aliphatic carbocycles. The van der Waals surface area contributed by atoms with Gasteiger partial charge >= 0.3 is 11.9 Å². The minimum atomic E-state index is -3.65. The van der Waals surface area contributed by atoms with Gasteiger partial charge in [0.1, 0.15) is 12.2 Å². The molecule has 2 saturated carbocycles. The molecule has 352 valence electrons. The first-order valence-corrected chi connectivity index (χ1v) is 24.1. The number of esters is 2. The van der Waals surface area contributed by atoms with Crippen LogP contribution in [0.15, 0.2) is 107 Å². The number of non-ortho nitro benzene ring substituents is 4. The summed E-state index contributed by atoms with van der Waals surface area (Å²) in [5.41, 5.74) is -3.12. The number of nitro benzene ring substituents is 4. The van der Waals surface area contributed by atoms with E-state index >= 15 is 0 Å². The molecule has 0 unspecified atom stereocenters. The van der Waals surface area contributed by atoms with E-state index in [4.69, 9.17) is 9.47 Å². The minimum Gasteiger partial charge on any atom is -0.459 e. The van der Waals surface area contributed by atoms with Gasteiger partial charge in [-0.2, -0.15) is 0 Å². The van der Waals surface area contributed by atoms with Crippen molar-refractivity contribution in [1.82, 2.24) is 0 Å². The molecular formula is C44H48N4O16S2. The van der Waals surface area contributed by atoms with E-state index < -0.39 is 109 Å². The molecule has 2 fully saturated rings. The fourth-order valence-corrected chi connectivity index (χ4v) is 13.2. The summed E-state index contributed by atoms with van der Waals surface area (Å²) in [6.45, 7) is 7.15. The Balaban J connectivity index is 0.000000247. The van der Waals surface area contributed by atoms with Gasteiger partial charge in [-0.25, -0.2) is 26.4 Å². The van der Waals surface area contributed by atoms with Crippen molar-refractivity contribution < 1.29 is 55.6 Å². The number of hydrogen-bond acceptors (Lipinski definition) is 16. The van der Waals surface area contributed by atoms with Gasteiger partial charge in [0.05, 0.1) is 63.2 Å². The van der Waals surface area contributed by atoms with Crippen LogP contribution in [0.3, 0.4) is 0 Å². The second-order valence-corrected chi connectivity index (χ2v) is 20.3. The minimum absolute atomic E-state index is 0.197. The van der Waals surface area contributed by atoms with Gasteiger partial charge in [-0.1, -0.05) is 75.9 Å². The van der Waals surface area contributed by atoms with Crippen molar-refractivity contribution in [3.63, 3.8) is 0 Å². The van der Waals surface area contributed by atoms with E-state index in [0.717, 1.165) is 62.1 Å². The van der Waals surface area contributed by atoms with Gasteiger partial charge < -0.3 is 9.47 Å². The van der Waals surface area contributed by atoms with Crippen molar-refractivity contribution in [2.75, 3.05) is 0 Å². The molecule has 66 heavy (non-hydrogen) atoms. The smallest absolute Gasteiger partial charge is 0.338 e. The van der Waals surface area contributed by atoms with E-state index in [-0.39, 0.29) is 32.8 Å². The van der Waals surface area contributed by atoms with E-state index in [1.54, 1.807) is 50.2 Å². The van der Waals surface area contributed by atoms with Crippen LogP contribution in [0.5, 0.6) is 0 Å². The Labute approximate surface area is 379 Å². The predicted molar refractivity (Wildman–Crippen MR) is 237 cm³/mol. The normalized spacial score (nSPS) is 20.6. The van der Waals surface area contributed by atoms with Gasteiger partial charge in [0.2, 0.25) is 0 Å². The Morgan fingerprint density at radius 1 is 0.530 bits per heavy atom. The molecule has 0 aromatic heterocycles. The van der Waals surface area contributed by atoms with Crippen molar-refractivity contribution in [2.45, 2.75) is 98.7 Å². The zero-order valence-electron chi connectivity index (χ0n) is 36.2. The third kappa shape index (κ3) is 11.6. The topological polar surface area (TPSA) is 293 Å². The van der Waals surface area contributed by atoms with Gasteiger partial charge in [-0.05, 0) is 62.8 Å². The molecule has 0 amide bonds. The molecule has 2 aliphatic rings. The Morgan fingerprint density at radius 2 is 0.818 bits per heavy atom. The monoisotopic (exact) mass is 952 g/mol. The lowest BCUT2D eigenvalue weighted by Gasteiger charge is -2.14. The van der Waals surface area contributed by atoms with Crippen LogP contribution >= 0.6 is 0 Å². The molecule has 20 nitrogen and oxygen atoms in total. The second-order valence-electron chi connectivity index (χ2n) is 16.1. The largest absolute Gasteiger partial charge is 0.459 e. The van der Waals surface area contributed by atoms with E-state index in [0.29, 0.717) is 12.8 Å². The van der Waals surface area contributed by atoms with Crippen molar-refractivity contribution in [3.05, 3.63) is 149 Å². The molecule has 8 atom stereocenters. The maximum absolute atomic E-state index is 13.2. The summed E-state index contributed by atoms with van der Waals surface area (Å²) >= 11 is 0. The maximum atomic E-state index is 13.2. The molecule has 4 aromatic rings. The highest BCUT2D eigenvalue weighted by Crippen LogP contribution is 2.54. The highest BCUT2D eigenvalue weighted by molar-refractivity contribution is 7.92. The molecular weight excluding hydrogens is 905 g/mol. The summed E-state index contributed by atoms with van der Waals surface area (Å²) in [6, 6.07) is 21.3. The first-order valence-electron chi connectivity index (χ1n) is 21.0. The number of carbonyl (C=O) groups is 2. The number of sulfone groups is 2. The number of rotatable bonds is 20. The fourth-order valence-electron chi connectivity index (χ4n) is 8.45. The van der Waals surface area contributed by atoms with Gasteiger partial charge in [0.25, 0.3) is 22.7 Å². The summed E-state index contributed by atoms with van der Waals surface area (Å²) in [7, 11) is -7.29. The third-order valence-corrected chi connectivity index (χ3v) is 16.4. The molecule has 0 N–H and O–H groups in total. The highest BCUT2D eigenvalue weighted by Gasteiger charge is 2.61. The van der Waals surface area contributed by atoms with Crippen LogP contribution in [0, 0.1) is 64.1 Å². The number of ether oxygens (including phenoxy) is 2. The lowest BCUT2D eigenvalue weighted by atomic mass is 10.1. The van der Waals surface area contributed by atoms with Crippen LogP contribution in [-0.4, -0.2) is 71.2 Å². The number of unbranched alkanes of at least 4 members (excludes halogenated alkanes) is 2. The Hall–Kier alpha value is -6.68. The molecule has 6 rings (SSSR count). The van der Waals surface area contributed by atoms with E-state index in [1.807, 2.05) is 13.8 Å². The predicted octanol–water partition coefficient (Wildman–Crippen LogP) is 8.65. The number of benzene rings is 4. The maximum Gasteiger partial charge on any atom is 0.338 e. The van der Waals surface area contributed by atoms with Crippen LogP contribution in [-0.2, 0) is 29.1 Å². The van der Waals surface area contributed by atoms with Gasteiger partial charge in [0, 0.05) is 36.1 Å². The van der Waals surface area contributed by atoms with Crippen molar-refractivity contribution >= 4 is 54.4 Å². The van der Waals surface area contributed by atoms with Crippen LogP contribution < -0.4 is 0 Å². The molecule has 22 heteroatoms. The zero-order valence-corrected chi connectivity index (χ0v) is 37.9. The summed E-state index contributed by atoms with van der Waals surface area (Å²) in [5, 5.41) is 42.9. The first-order chi connectivity index (χ1) is 31.1. The van der Waals surface area contributed by atoms with Crippen molar-refractivity contribution in [1.29, 1.82) is 0 Å². The standard InChI is InChI=1S/2C22H24N2O8S/c2*1-3-4-10-19-20(21(19)33(30,31)18-8-6-5-7-9-18)14(2)32-22(25)15-11-16(23(26)27)13-17(12-15)24(28)29/h2*5-9,11-14,19-21H,3-4,10H2,1-2H3/t2*14-,19+,20-,21-/m00/s1. The highest BCUT2D eigenvalue weighted by atomic mass is 32.2. The summed E-state index contributed by atoms with van der Waals surface area (Å²) in [6.07, 6.45) is 3.10. The van der Waals surface area contributed by atoms with Crippen molar-refractivity contribution in [3.8, 4) is 0 Å². The molecule has 0 radical (unpaired) electrons. The van der Waals surface area contributed by atoms with Gasteiger partial charge in [-0.3, -0.25) is 40.5 Å². The number of carbonyl (C=O) groups excluding carboxylic acids is 2. The first kappa shape index (κ1) is 50.3. The van der Waals surface area contributed by atoms with Gasteiger partial charge in [-0.15, -0.1) is 0 Å². The average Bonchev–Trinajstić information content (AvgIpc) is 4.22.